The van der Waals surface area contributed by atoms with Gasteiger partial charge in [0.25, 0.3) is 11.5 Å². The van der Waals surface area contributed by atoms with Crippen LogP contribution in [-0.2, 0) is 13.1 Å². The van der Waals surface area contributed by atoms with E-state index in [1.165, 1.54) is 47.2 Å². The summed E-state index contributed by atoms with van der Waals surface area (Å²) in [6.07, 6.45) is 2.78. The van der Waals surface area contributed by atoms with Crippen molar-refractivity contribution < 1.29 is 9.18 Å². The highest BCUT2D eigenvalue weighted by molar-refractivity contribution is 5.93. The average molecular weight is 420 g/mol. The zero-order valence-electron chi connectivity index (χ0n) is 17.0. The summed E-state index contributed by atoms with van der Waals surface area (Å²) in [5.74, 6) is -1.04. The molecule has 0 saturated heterocycles. The number of nitrogens with zero attached hydrogens (tertiary/aromatic N) is 3. The van der Waals surface area contributed by atoms with Gasteiger partial charge in [-0.1, -0.05) is 31.5 Å². The molecular weight excluding hydrogens is 399 g/mol. The quantitative estimate of drug-likeness (QED) is 0.636. The molecule has 7 nitrogen and oxygen atoms in total. The molecular formula is C23H21FN4O3. The lowest BCUT2D eigenvalue weighted by Gasteiger charge is -2.13. The topological polar surface area (TPSA) is 96.9 Å². The lowest BCUT2D eigenvalue weighted by atomic mass is 10.2. The highest BCUT2D eigenvalue weighted by Crippen LogP contribution is 2.08. The molecule has 0 aliphatic heterocycles. The van der Waals surface area contributed by atoms with Crippen LogP contribution in [0.3, 0.4) is 0 Å². The Kier molecular flexibility index (Phi) is 6.78. The second-order valence-electron chi connectivity index (χ2n) is 6.98. The first-order chi connectivity index (χ1) is 14.9. The third kappa shape index (κ3) is 4.95. The summed E-state index contributed by atoms with van der Waals surface area (Å²) in [6.45, 7) is 2.40. The van der Waals surface area contributed by atoms with Crippen LogP contribution in [0.4, 0.5) is 4.39 Å². The molecule has 8 heteroatoms. The number of aromatic nitrogens is 2. The second kappa shape index (κ2) is 9.67. The van der Waals surface area contributed by atoms with Crippen LogP contribution in [0.5, 0.6) is 0 Å². The van der Waals surface area contributed by atoms with Gasteiger partial charge in [0.15, 0.2) is 0 Å². The Morgan fingerprint density at radius 1 is 1.16 bits per heavy atom. The van der Waals surface area contributed by atoms with E-state index in [0.717, 1.165) is 11.0 Å². The molecule has 0 atom stereocenters. The van der Waals surface area contributed by atoms with Crippen LogP contribution in [0.15, 0.2) is 64.3 Å². The molecule has 158 valence electrons. The van der Waals surface area contributed by atoms with Crippen molar-refractivity contribution in [3.63, 3.8) is 0 Å². The van der Waals surface area contributed by atoms with Gasteiger partial charge in [-0.25, -0.2) is 13.8 Å². The molecule has 0 aliphatic rings. The summed E-state index contributed by atoms with van der Waals surface area (Å²) in [4.78, 5) is 38.8. The number of halogens is 1. The van der Waals surface area contributed by atoms with Crippen molar-refractivity contribution in [2.24, 2.45) is 0 Å². The number of hydrogen-bond acceptors (Lipinski definition) is 4. The number of nitrogens with one attached hydrogen (secondary N) is 1. The van der Waals surface area contributed by atoms with Crippen molar-refractivity contribution in [3.8, 4) is 11.8 Å². The average Bonchev–Trinajstić information content (AvgIpc) is 2.78. The normalized spacial score (nSPS) is 10.5. The van der Waals surface area contributed by atoms with Gasteiger partial charge in [-0.15, -0.1) is 0 Å². The second-order valence-corrected chi connectivity index (χ2v) is 6.98. The fourth-order valence-corrected chi connectivity index (χ4v) is 3.07. The van der Waals surface area contributed by atoms with Crippen molar-refractivity contribution in [2.45, 2.75) is 32.9 Å². The maximum atomic E-state index is 13.1. The van der Waals surface area contributed by atoms with E-state index < -0.39 is 17.2 Å². The molecule has 1 heterocycles. The third-order valence-corrected chi connectivity index (χ3v) is 4.75. The molecule has 0 spiro atoms. The summed E-state index contributed by atoms with van der Waals surface area (Å²) >= 11 is 0. The van der Waals surface area contributed by atoms with Gasteiger partial charge in [0.05, 0.1) is 17.3 Å². The third-order valence-electron chi connectivity index (χ3n) is 4.75. The van der Waals surface area contributed by atoms with Crippen LogP contribution in [0.2, 0.25) is 0 Å². The van der Waals surface area contributed by atoms with Crippen LogP contribution in [0, 0.1) is 17.1 Å². The fourth-order valence-electron chi connectivity index (χ4n) is 3.07. The largest absolute Gasteiger partial charge is 0.348 e. The molecule has 0 saturated carbocycles. The number of nitriles is 1. The predicted octanol–water partition coefficient (Wildman–Crippen LogP) is 2.74. The summed E-state index contributed by atoms with van der Waals surface area (Å²) in [6, 6.07) is 13.7. The van der Waals surface area contributed by atoms with Crippen LogP contribution in [0.1, 0.15) is 41.3 Å². The highest BCUT2D eigenvalue weighted by Gasteiger charge is 2.18. The highest BCUT2D eigenvalue weighted by atomic mass is 19.1. The standard InChI is InChI=1S/C23H21FN4O3/c1-2-3-11-27-15-20(21(29)26-14-16-7-9-18(24)10-8-16)22(30)28(23(27)31)19-6-4-5-17(12-19)13-25/h4-10,12,15H,2-3,11,14H2,1H3,(H,26,29). The number of unbranched alkanes of at least 4 members (excludes halogenated alkanes) is 1. The molecule has 0 radical (unpaired) electrons. The molecule has 31 heavy (non-hydrogen) atoms. The van der Waals surface area contributed by atoms with Gasteiger partial charge in [0.2, 0.25) is 0 Å². The van der Waals surface area contributed by atoms with Gasteiger partial charge in [0.1, 0.15) is 11.4 Å². The van der Waals surface area contributed by atoms with E-state index in [2.05, 4.69) is 5.32 Å². The number of aryl methyl sites for hydroxylation is 1. The van der Waals surface area contributed by atoms with E-state index >= 15 is 0 Å². The van der Waals surface area contributed by atoms with E-state index in [9.17, 15) is 18.8 Å². The van der Waals surface area contributed by atoms with Crippen LogP contribution >= 0.6 is 0 Å². The zero-order chi connectivity index (χ0) is 22.4. The summed E-state index contributed by atoms with van der Waals surface area (Å²) in [7, 11) is 0. The smallest absolute Gasteiger partial charge is 0.335 e. The van der Waals surface area contributed by atoms with Crippen molar-refractivity contribution >= 4 is 5.91 Å². The van der Waals surface area contributed by atoms with Crippen LogP contribution < -0.4 is 16.6 Å². The lowest BCUT2D eigenvalue weighted by molar-refractivity contribution is 0.0948. The Balaban J connectivity index is 2.03. The van der Waals surface area contributed by atoms with Crippen molar-refractivity contribution in [3.05, 3.63) is 98.1 Å². The molecule has 0 bridgehead atoms. The maximum absolute atomic E-state index is 13.1. The molecule has 1 aromatic heterocycles. The van der Waals surface area contributed by atoms with Gasteiger partial charge in [-0.05, 0) is 42.3 Å². The van der Waals surface area contributed by atoms with E-state index in [-0.39, 0.29) is 29.2 Å². The van der Waals surface area contributed by atoms with Crippen molar-refractivity contribution in [2.75, 3.05) is 0 Å². The molecule has 1 N–H and O–H groups in total. The Morgan fingerprint density at radius 2 is 1.90 bits per heavy atom. The monoisotopic (exact) mass is 420 g/mol. The van der Waals surface area contributed by atoms with E-state index in [1.807, 2.05) is 13.0 Å². The van der Waals surface area contributed by atoms with Crippen molar-refractivity contribution in [1.29, 1.82) is 5.26 Å². The van der Waals surface area contributed by atoms with Gasteiger partial charge >= 0.3 is 5.69 Å². The number of rotatable bonds is 7. The zero-order valence-corrected chi connectivity index (χ0v) is 17.0. The van der Waals surface area contributed by atoms with Gasteiger partial charge in [0, 0.05) is 19.3 Å². The molecule has 2 aromatic carbocycles. The Bertz CT molecular complexity index is 1250. The Morgan fingerprint density at radius 3 is 2.58 bits per heavy atom. The van der Waals surface area contributed by atoms with E-state index in [0.29, 0.717) is 18.5 Å². The minimum atomic E-state index is -0.774. The minimum Gasteiger partial charge on any atom is -0.348 e. The molecule has 3 rings (SSSR count). The maximum Gasteiger partial charge on any atom is 0.335 e. The van der Waals surface area contributed by atoms with Crippen LogP contribution in [0.25, 0.3) is 5.69 Å². The minimum absolute atomic E-state index is 0.0938. The number of benzene rings is 2. The molecule has 0 fully saturated rings. The molecule has 0 unspecified atom stereocenters. The SMILES string of the molecule is CCCCn1cc(C(=O)NCc2ccc(F)cc2)c(=O)n(-c2cccc(C#N)c2)c1=O. The van der Waals surface area contributed by atoms with Crippen LogP contribution in [-0.4, -0.2) is 15.0 Å². The van der Waals surface area contributed by atoms with Crippen molar-refractivity contribution in [1.82, 2.24) is 14.5 Å². The molecule has 0 aliphatic carbocycles. The van der Waals surface area contributed by atoms with E-state index in [4.69, 9.17) is 5.26 Å². The number of hydrogen-bond donors (Lipinski definition) is 1. The predicted molar refractivity (Wildman–Crippen MR) is 113 cm³/mol. The summed E-state index contributed by atoms with van der Waals surface area (Å²) in [5.41, 5.74) is -0.382. The lowest BCUT2D eigenvalue weighted by Crippen LogP contribution is -2.43. The number of carbonyl (C=O) groups excluding carboxylic acids is 1. The van der Waals surface area contributed by atoms with Gasteiger partial charge in [-0.2, -0.15) is 5.26 Å². The Labute approximate surface area is 178 Å². The number of amides is 1. The molecule has 1 amide bonds. The summed E-state index contributed by atoms with van der Waals surface area (Å²) in [5, 5.41) is 11.8. The first kappa shape index (κ1) is 21.7. The molecule has 3 aromatic rings. The first-order valence-electron chi connectivity index (χ1n) is 9.84. The fraction of sp³-hybridized carbons (Fsp3) is 0.217. The number of carbonyl (C=O) groups is 1. The van der Waals surface area contributed by atoms with Gasteiger partial charge < -0.3 is 5.32 Å². The Hall–Kier alpha value is -3.99. The van der Waals surface area contributed by atoms with E-state index in [1.54, 1.807) is 12.1 Å². The van der Waals surface area contributed by atoms with Gasteiger partial charge in [-0.3, -0.25) is 14.2 Å². The first-order valence-corrected chi connectivity index (χ1v) is 9.84. The summed E-state index contributed by atoms with van der Waals surface area (Å²) < 4.78 is 15.3.